The van der Waals surface area contributed by atoms with Crippen LogP contribution in [0.15, 0.2) is 22.9 Å². The van der Waals surface area contributed by atoms with Crippen molar-refractivity contribution in [3.05, 3.63) is 22.9 Å². The molecule has 0 bridgehead atoms. The van der Waals surface area contributed by atoms with Crippen molar-refractivity contribution < 1.29 is 9.13 Å². The predicted octanol–water partition coefficient (Wildman–Crippen LogP) is 1.40. The molecule has 0 spiro atoms. The zero-order valence-corrected chi connectivity index (χ0v) is 9.22. The van der Waals surface area contributed by atoms with E-state index >= 15 is 0 Å². The molecule has 1 unspecified atom stereocenters. The first-order chi connectivity index (χ1) is 7.16. The summed E-state index contributed by atoms with van der Waals surface area (Å²) in [5, 5.41) is 3.27. The minimum atomic E-state index is -0.846. The molecule has 15 heavy (non-hydrogen) atoms. The minimum Gasteiger partial charge on any atom is -0.375 e. The normalized spacial score (nSPS) is 28.7. The molecular formula is C11H17FN2O. The third-order valence-corrected chi connectivity index (χ3v) is 2.80. The van der Waals surface area contributed by atoms with Gasteiger partial charge in [0.2, 0.25) is 0 Å². The largest absolute Gasteiger partial charge is 0.375 e. The molecule has 0 radical (unpaired) electrons. The van der Waals surface area contributed by atoms with Crippen LogP contribution < -0.4 is 5.32 Å². The quantitative estimate of drug-likeness (QED) is 0.657. The number of rotatable bonds is 0. The molecule has 4 heteroatoms. The summed E-state index contributed by atoms with van der Waals surface area (Å²) in [5.74, 6) is 0. The lowest BCUT2D eigenvalue weighted by Crippen LogP contribution is -2.37. The van der Waals surface area contributed by atoms with E-state index in [9.17, 15) is 4.39 Å². The van der Waals surface area contributed by atoms with E-state index < -0.39 is 6.17 Å². The summed E-state index contributed by atoms with van der Waals surface area (Å²) in [6, 6.07) is 0. The Morgan fingerprint density at radius 3 is 3.20 bits per heavy atom. The summed E-state index contributed by atoms with van der Waals surface area (Å²) in [5.41, 5.74) is 2.88. The SMILES string of the molecule is CC1=CC2=C(CC1F)NCN(C)COC2. The lowest BCUT2D eigenvalue weighted by molar-refractivity contribution is 0.0477. The smallest absolute Gasteiger partial charge is 0.127 e. The number of halogens is 1. The van der Waals surface area contributed by atoms with Crippen molar-refractivity contribution in [1.29, 1.82) is 0 Å². The van der Waals surface area contributed by atoms with Crippen LogP contribution in [0.4, 0.5) is 4.39 Å². The molecule has 0 saturated heterocycles. The summed E-state index contributed by atoms with van der Waals surface area (Å²) >= 11 is 0. The molecule has 0 aromatic rings. The molecule has 1 atom stereocenters. The van der Waals surface area contributed by atoms with Crippen LogP contribution in [0.5, 0.6) is 0 Å². The van der Waals surface area contributed by atoms with Gasteiger partial charge in [0.1, 0.15) is 12.9 Å². The van der Waals surface area contributed by atoms with Crippen LogP contribution in [-0.2, 0) is 4.74 Å². The number of allylic oxidation sites excluding steroid dienone is 2. The highest BCUT2D eigenvalue weighted by Gasteiger charge is 2.21. The Hall–Kier alpha value is -0.870. The summed E-state index contributed by atoms with van der Waals surface area (Å²) in [6.45, 7) is 3.71. The van der Waals surface area contributed by atoms with Crippen LogP contribution >= 0.6 is 0 Å². The van der Waals surface area contributed by atoms with Crippen molar-refractivity contribution in [2.75, 3.05) is 27.1 Å². The van der Waals surface area contributed by atoms with Gasteiger partial charge in [-0.25, -0.2) is 4.39 Å². The first-order valence-electron chi connectivity index (χ1n) is 5.21. The monoisotopic (exact) mass is 212 g/mol. The highest BCUT2D eigenvalue weighted by molar-refractivity contribution is 5.35. The van der Waals surface area contributed by atoms with Crippen LogP contribution in [0.2, 0.25) is 0 Å². The molecule has 3 nitrogen and oxygen atoms in total. The fraction of sp³-hybridized carbons (Fsp3) is 0.636. The van der Waals surface area contributed by atoms with Crippen molar-refractivity contribution in [2.24, 2.45) is 0 Å². The van der Waals surface area contributed by atoms with Crippen LogP contribution in [0.1, 0.15) is 13.3 Å². The van der Waals surface area contributed by atoms with E-state index in [-0.39, 0.29) is 0 Å². The van der Waals surface area contributed by atoms with Gasteiger partial charge in [-0.2, -0.15) is 0 Å². The molecule has 1 heterocycles. The Bertz CT molecular complexity index is 312. The molecular weight excluding hydrogens is 195 g/mol. The maximum Gasteiger partial charge on any atom is 0.127 e. The highest BCUT2D eigenvalue weighted by Crippen LogP contribution is 2.25. The van der Waals surface area contributed by atoms with E-state index in [4.69, 9.17) is 4.74 Å². The van der Waals surface area contributed by atoms with Crippen molar-refractivity contribution in [3.63, 3.8) is 0 Å². The molecule has 0 amide bonds. The average molecular weight is 212 g/mol. The van der Waals surface area contributed by atoms with Gasteiger partial charge in [0.25, 0.3) is 0 Å². The molecule has 2 aliphatic rings. The van der Waals surface area contributed by atoms with Gasteiger partial charge in [0.15, 0.2) is 0 Å². The van der Waals surface area contributed by atoms with Crippen LogP contribution in [-0.4, -0.2) is 38.1 Å². The van der Waals surface area contributed by atoms with Crippen molar-refractivity contribution >= 4 is 0 Å². The van der Waals surface area contributed by atoms with Gasteiger partial charge in [0, 0.05) is 12.1 Å². The predicted molar refractivity (Wildman–Crippen MR) is 56.9 cm³/mol. The van der Waals surface area contributed by atoms with Gasteiger partial charge in [-0.15, -0.1) is 0 Å². The Morgan fingerprint density at radius 1 is 1.60 bits per heavy atom. The number of alkyl halides is 1. The first kappa shape index (κ1) is 10.6. The standard InChI is InChI=1S/C11H17FN2O/c1-8-3-9-5-15-7-14(2)6-13-11(9)4-10(8)12/h3,10,13H,4-7H2,1-2H3. The van der Waals surface area contributed by atoms with E-state index in [0.717, 1.165) is 16.8 Å². The zero-order chi connectivity index (χ0) is 10.8. The van der Waals surface area contributed by atoms with Crippen molar-refractivity contribution in [1.82, 2.24) is 10.2 Å². The summed E-state index contributed by atoms with van der Waals surface area (Å²) < 4.78 is 19.0. The lowest BCUT2D eigenvalue weighted by atomic mass is 9.96. The summed E-state index contributed by atoms with van der Waals surface area (Å²) in [7, 11) is 1.97. The molecule has 0 aromatic heterocycles. The fourth-order valence-electron chi connectivity index (χ4n) is 1.83. The van der Waals surface area contributed by atoms with E-state index in [0.29, 0.717) is 26.4 Å². The highest BCUT2D eigenvalue weighted by atomic mass is 19.1. The molecule has 2 rings (SSSR count). The maximum absolute atomic E-state index is 13.5. The Balaban J connectivity index is 2.17. The molecule has 0 aromatic carbocycles. The van der Waals surface area contributed by atoms with Crippen molar-refractivity contribution in [3.8, 4) is 0 Å². The molecule has 0 fully saturated rings. The number of hydrogen-bond donors (Lipinski definition) is 1. The third kappa shape index (κ3) is 2.38. The first-order valence-corrected chi connectivity index (χ1v) is 5.21. The maximum atomic E-state index is 13.5. The Morgan fingerprint density at radius 2 is 2.40 bits per heavy atom. The second-order valence-electron chi connectivity index (χ2n) is 4.23. The molecule has 1 N–H and O–H groups in total. The third-order valence-electron chi connectivity index (χ3n) is 2.80. The molecule has 0 saturated carbocycles. The molecule has 84 valence electrons. The topological polar surface area (TPSA) is 24.5 Å². The minimum absolute atomic E-state index is 0.453. The molecule has 1 aliphatic heterocycles. The second-order valence-corrected chi connectivity index (χ2v) is 4.23. The Labute approximate surface area is 89.6 Å². The van der Waals surface area contributed by atoms with Crippen LogP contribution in [0, 0.1) is 0 Å². The van der Waals surface area contributed by atoms with Gasteiger partial charge in [-0.05, 0) is 25.1 Å². The van der Waals surface area contributed by atoms with E-state index in [1.54, 1.807) is 0 Å². The number of nitrogens with one attached hydrogen (secondary N) is 1. The van der Waals surface area contributed by atoms with Gasteiger partial charge in [-0.1, -0.05) is 6.08 Å². The number of hydrogen-bond acceptors (Lipinski definition) is 3. The second kappa shape index (κ2) is 4.33. The van der Waals surface area contributed by atoms with Gasteiger partial charge >= 0.3 is 0 Å². The average Bonchev–Trinajstić information content (AvgIpc) is 2.18. The zero-order valence-electron chi connectivity index (χ0n) is 9.22. The number of ether oxygens (including phenoxy) is 1. The van der Waals surface area contributed by atoms with E-state index in [2.05, 4.69) is 5.32 Å². The van der Waals surface area contributed by atoms with Gasteiger partial charge < -0.3 is 10.1 Å². The summed E-state index contributed by atoms with van der Waals surface area (Å²) in [6.07, 6.45) is 1.51. The summed E-state index contributed by atoms with van der Waals surface area (Å²) in [4.78, 5) is 2.02. The van der Waals surface area contributed by atoms with E-state index in [1.165, 1.54) is 0 Å². The Kier molecular flexibility index (Phi) is 3.07. The van der Waals surface area contributed by atoms with E-state index in [1.807, 2.05) is 24.9 Å². The van der Waals surface area contributed by atoms with Crippen LogP contribution in [0.3, 0.4) is 0 Å². The fourth-order valence-corrected chi connectivity index (χ4v) is 1.83. The lowest BCUT2D eigenvalue weighted by Gasteiger charge is -2.28. The number of nitrogens with zero attached hydrogens (tertiary/aromatic N) is 1. The van der Waals surface area contributed by atoms with Gasteiger partial charge in [-0.3, -0.25) is 4.90 Å². The van der Waals surface area contributed by atoms with Crippen LogP contribution in [0.25, 0.3) is 0 Å². The van der Waals surface area contributed by atoms with Crippen molar-refractivity contribution in [2.45, 2.75) is 19.5 Å². The van der Waals surface area contributed by atoms with Gasteiger partial charge in [0.05, 0.1) is 13.3 Å². The molecule has 1 aliphatic carbocycles.